The standard InChI is InChI=1S/C36H45NO8/c1-23(35(5)17-7-18-35)31(40)43-21-28(38)26-13-9-24(10-14-26)25-11-15-27(16-12-25)29(39)22-44-32(41)30(36(6)19-8-20-36)37-33(42)45-34(2,3)4/h9-16,23,30H,7-8,17-22H2,1-6H3,(H,37,42)/t23-,30-/m1/s1. The second-order valence-electron chi connectivity index (χ2n) is 14.0. The van der Waals surface area contributed by atoms with E-state index in [1.165, 1.54) is 0 Å². The molecular weight excluding hydrogens is 574 g/mol. The van der Waals surface area contributed by atoms with Crippen LogP contribution in [0.15, 0.2) is 48.5 Å². The monoisotopic (exact) mass is 619 g/mol. The number of carbonyl (C=O) groups is 5. The van der Waals surface area contributed by atoms with E-state index in [1.807, 2.05) is 13.8 Å². The van der Waals surface area contributed by atoms with Crippen LogP contribution in [0.5, 0.6) is 0 Å². The van der Waals surface area contributed by atoms with Gasteiger partial charge in [-0.3, -0.25) is 14.4 Å². The Bertz CT molecular complexity index is 1410. The minimum Gasteiger partial charge on any atom is -0.457 e. The summed E-state index contributed by atoms with van der Waals surface area (Å²) in [5.41, 5.74) is 1.26. The van der Waals surface area contributed by atoms with Crippen molar-refractivity contribution in [1.29, 1.82) is 0 Å². The van der Waals surface area contributed by atoms with Crippen LogP contribution in [0.2, 0.25) is 0 Å². The zero-order chi connectivity index (χ0) is 33.0. The van der Waals surface area contributed by atoms with Crippen molar-refractivity contribution in [2.45, 2.75) is 91.7 Å². The van der Waals surface area contributed by atoms with Crippen molar-refractivity contribution in [1.82, 2.24) is 5.32 Å². The van der Waals surface area contributed by atoms with Crippen LogP contribution in [-0.2, 0) is 23.8 Å². The Labute approximate surface area is 265 Å². The molecule has 2 aliphatic carbocycles. The molecule has 9 heteroatoms. The second kappa shape index (κ2) is 13.5. The van der Waals surface area contributed by atoms with Gasteiger partial charge in [-0.15, -0.1) is 0 Å². The van der Waals surface area contributed by atoms with E-state index < -0.39 is 35.7 Å². The van der Waals surface area contributed by atoms with Gasteiger partial charge in [0.2, 0.25) is 0 Å². The van der Waals surface area contributed by atoms with E-state index in [9.17, 15) is 24.0 Å². The van der Waals surface area contributed by atoms with Crippen molar-refractivity contribution in [2.24, 2.45) is 16.7 Å². The van der Waals surface area contributed by atoms with Crippen molar-refractivity contribution < 1.29 is 38.2 Å². The molecule has 0 heterocycles. The molecule has 2 aliphatic rings. The van der Waals surface area contributed by atoms with Gasteiger partial charge in [-0.2, -0.15) is 0 Å². The molecule has 45 heavy (non-hydrogen) atoms. The molecule has 2 atom stereocenters. The lowest BCUT2D eigenvalue weighted by Gasteiger charge is -2.43. The third-order valence-corrected chi connectivity index (χ3v) is 9.42. The van der Waals surface area contributed by atoms with Gasteiger partial charge in [0.15, 0.2) is 24.8 Å². The van der Waals surface area contributed by atoms with E-state index in [-0.39, 0.29) is 35.5 Å². The highest BCUT2D eigenvalue weighted by Crippen LogP contribution is 2.47. The molecular formula is C36H45NO8. The molecule has 0 bridgehead atoms. The average Bonchev–Trinajstić information content (AvgIpc) is 2.97. The number of benzene rings is 2. The van der Waals surface area contributed by atoms with Gasteiger partial charge in [0.1, 0.15) is 11.6 Å². The van der Waals surface area contributed by atoms with Crippen molar-refractivity contribution in [3.63, 3.8) is 0 Å². The molecule has 0 radical (unpaired) electrons. The van der Waals surface area contributed by atoms with Gasteiger partial charge in [0, 0.05) is 11.1 Å². The van der Waals surface area contributed by atoms with Crippen LogP contribution < -0.4 is 5.32 Å². The van der Waals surface area contributed by atoms with Crippen molar-refractivity contribution in [3.8, 4) is 11.1 Å². The molecule has 2 saturated carbocycles. The van der Waals surface area contributed by atoms with Crippen LogP contribution in [-0.4, -0.2) is 54.5 Å². The van der Waals surface area contributed by atoms with E-state index in [1.54, 1.807) is 69.3 Å². The van der Waals surface area contributed by atoms with Gasteiger partial charge in [-0.1, -0.05) is 82.1 Å². The van der Waals surface area contributed by atoms with Gasteiger partial charge in [-0.25, -0.2) is 9.59 Å². The number of esters is 2. The fraction of sp³-hybridized carbons (Fsp3) is 0.528. The smallest absolute Gasteiger partial charge is 0.408 e. The minimum atomic E-state index is -0.919. The second-order valence-corrected chi connectivity index (χ2v) is 14.0. The van der Waals surface area contributed by atoms with Gasteiger partial charge in [0.05, 0.1) is 5.92 Å². The maximum absolute atomic E-state index is 13.0. The number of rotatable bonds is 12. The number of ketones is 2. The molecule has 2 fully saturated rings. The Morgan fingerprint density at radius 3 is 1.51 bits per heavy atom. The van der Waals surface area contributed by atoms with Gasteiger partial charge >= 0.3 is 18.0 Å². The summed E-state index contributed by atoms with van der Waals surface area (Å²) in [5, 5.41) is 2.65. The minimum absolute atomic E-state index is 0.0375. The summed E-state index contributed by atoms with van der Waals surface area (Å²) in [7, 11) is 0. The summed E-state index contributed by atoms with van der Waals surface area (Å²) in [6.07, 6.45) is 4.84. The summed E-state index contributed by atoms with van der Waals surface area (Å²) in [6.45, 7) is 10.3. The van der Waals surface area contributed by atoms with Gasteiger partial charge in [0.25, 0.3) is 0 Å². The number of hydrogen-bond donors (Lipinski definition) is 1. The molecule has 9 nitrogen and oxygen atoms in total. The highest BCUT2D eigenvalue weighted by atomic mass is 16.6. The number of amides is 1. The largest absolute Gasteiger partial charge is 0.457 e. The summed E-state index contributed by atoms with van der Waals surface area (Å²) >= 11 is 0. The summed E-state index contributed by atoms with van der Waals surface area (Å²) < 4.78 is 16.0. The highest BCUT2D eigenvalue weighted by molar-refractivity contribution is 5.99. The highest BCUT2D eigenvalue weighted by Gasteiger charge is 2.46. The lowest BCUT2D eigenvalue weighted by atomic mass is 9.63. The van der Waals surface area contributed by atoms with Crippen LogP contribution in [0.3, 0.4) is 0 Å². The lowest BCUT2D eigenvalue weighted by Crippen LogP contribution is -2.55. The van der Waals surface area contributed by atoms with Crippen LogP contribution in [0.4, 0.5) is 4.79 Å². The zero-order valence-corrected chi connectivity index (χ0v) is 27.2. The van der Waals surface area contributed by atoms with Crippen LogP contribution >= 0.6 is 0 Å². The third-order valence-electron chi connectivity index (χ3n) is 9.42. The Balaban J connectivity index is 1.29. The Kier molecular flexibility index (Phi) is 10.2. The maximum Gasteiger partial charge on any atom is 0.408 e. The first-order chi connectivity index (χ1) is 21.1. The first-order valence-corrected chi connectivity index (χ1v) is 15.7. The van der Waals surface area contributed by atoms with Crippen molar-refractivity contribution in [3.05, 3.63) is 59.7 Å². The van der Waals surface area contributed by atoms with Crippen molar-refractivity contribution >= 4 is 29.6 Å². The molecule has 242 valence electrons. The molecule has 1 amide bonds. The predicted molar refractivity (Wildman–Crippen MR) is 169 cm³/mol. The van der Waals surface area contributed by atoms with Crippen molar-refractivity contribution in [2.75, 3.05) is 13.2 Å². The molecule has 2 aromatic rings. The Morgan fingerprint density at radius 1 is 0.711 bits per heavy atom. The zero-order valence-electron chi connectivity index (χ0n) is 27.2. The van der Waals surface area contributed by atoms with Crippen LogP contribution in [0.1, 0.15) is 101 Å². The first kappa shape index (κ1) is 33.9. The van der Waals surface area contributed by atoms with E-state index in [2.05, 4.69) is 12.2 Å². The third kappa shape index (κ3) is 8.38. The summed E-state index contributed by atoms with van der Waals surface area (Å²) in [5.74, 6) is -1.89. The molecule has 0 saturated heterocycles. The first-order valence-electron chi connectivity index (χ1n) is 15.7. The fourth-order valence-electron chi connectivity index (χ4n) is 5.76. The quantitative estimate of drug-likeness (QED) is 0.158. The summed E-state index contributed by atoms with van der Waals surface area (Å²) in [4.78, 5) is 63.3. The number of Topliss-reactive ketones (excluding diaryl/α,β-unsaturated/α-hetero) is 2. The van der Waals surface area contributed by atoms with Gasteiger partial charge in [-0.05, 0) is 68.4 Å². The van der Waals surface area contributed by atoms with E-state index in [4.69, 9.17) is 14.2 Å². The molecule has 0 unspecified atom stereocenters. The molecule has 0 aliphatic heterocycles. The lowest BCUT2D eigenvalue weighted by molar-refractivity contribution is -0.153. The topological polar surface area (TPSA) is 125 Å². The number of nitrogens with one attached hydrogen (secondary N) is 1. The van der Waals surface area contributed by atoms with E-state index >= 15 is 0 Å². The summed E-state index contributed by atoms with van der Waals surface area (Å²) in [6, 6.07) is 12.9. The maximum atomic E-state index is 13.0. The number of alkyl carbamates (subject to hydrolysis) is 1. The SMILES string of the molecule is C[C@H](C(=O)OCC(=O)c1ccc(-c2ccc(C(=O)COC(=O)[C@@H](NC(=O)OC(C)(C)C)C3(C)CCC3)cc2)cc1)C1(C)CCC1. The number of ether oxygens (including phenoxy) is 3. The molecule has 0 aromatic heterocycles. The van der Waals surface area contributed by atoms with E-state index in [0.29, 0.717) is 11.1 Å². The molecule has 2 aromatic carbocycles. The Hall–Kier alpha value is -4.01. The fourth-order valence-corrected chi connectivity index (χ4v) is 5.76. The number of carbonyl (C=O) groups excluding carboxylic acids is 5. The van der Waals surface area contributed by atoms with Crippen LogP contribution in [0, 0.1) is 16.7 Å². The molecule has 1 N–H and O–H groups in total. The normalized spacial score (nSPS) is 17.8. The molecule has 0 spiro atoms. The van der Waals surface area contributed by atoms with Crippen LogP contribution in [0.25, 0.3) is 11.1 Å². The Morgan fingerprint density at radius 2 is 1.13 bits per heavy atom. The molecule has 4 rings (SSSR count). The number of hydrogen-bond acceptors (Lipinski definition) is 8. The average molecular weight is 620 g/mol. The van der Waals surface area contributed by atoms with Gasteiger partial charge < -0.3 is 19.5 Å². The predicted octanol–water partition coefficient (Wildman–Crippen LogP) is 6.72. The van der Waals surface area contributed by atoms with E-state index in [0.717, 1.165) is 49.7 Å².